The van der Waals surface area contributed by atoms with Crippen LogP contribution in [0.3, 0.4) is 0 Å². The molecule has 3 atom stereocenters. The van der Waals surface area contributed by atoms with E-state index in [4.69, 9.17) is 4.42 Å². The Labute approximate surface area is 117 Å². The highest BCUT2D eigenvalue weighted by atomic mass is 16.3. The summed E-state index contributed by atoms with van der Waals surface area (Å²) in [6, 6.07) is 4.71. The molecular weight excluding hydrogens is 236 g/mol. The van der Waals surface area contributed by atoms with Gasteiger partial charge in [0.2, 0.25) is 0 Å². The molecular formula is C16H28N2O. The number of nitrogens with one attached hydrogen (secondary N) is 1. The maximum Gasteiger partial charge on any atom is 0.117 e. The van der Waals surface area contributed by atoms with Crippen molar-refractivity contribution in [1.82, 2.24) is 10.2 Å². The highest BCUT2D eigenvalue weighted by molar-refractivity contribution is 4.98. The Balaban J connectivity index is 1.87. The van der Waals surface area contributed by atoms with Gasteiger partial charge >= 0.3 is 0 Å². The van der Waals surface area contributed by atoms with Gasteiger partial charge < -0.3 is 9.73 Å². The average Bonchev–Trinajstić information content (AvgIpc) is 2.91. The fourth-order valence-electron chi connectivity index (χ4n) is 3.45. The number of hydrogen-bond donors (Lipinski definition) is 1. The second kappa shape index (κ2) is 7.11. The van der Waals surface area contributed by atoms with E-state index < -0.39 is 0 Å². The van der Waals surface area contributed by atoms with E-state index in [1.165, 1.54) is 25.7 Å². The predicted octanol–water partition coefficient (Wildman–Crippen LogP) is 3.13. The van der Waals surface area contributed by atoms with E-state index in [1.54, 1.807) is 6.26 Å². The SMILES string of the molecule is CCC1CCC(NC)C(CN(C)Cc2ccco2)C1. The Morgan fingerprint density at radius 2 is 2.26 bits per heavy atom. The number of nitrogens with zero attached hydrogens (tertiary/aromatic N) is 1. The van der Waals surface area contributed by atoms with Gasteiger partial charge in [0.15, 0.2) is 0 Å². The smallest absolute Gasteiger partial charge is 0.117 e. The average molecular weight is 264 g/mol. The number of hydrogen-bond acceptors (Lipinski definition) is 3. The zero-order valence-corrected chi connectivity index (χ0v) is 12.6. The minimum absolute atomic E-state index is 0.682. The lowest BCUT2D eigenvalue weighted by atomic mass is 9.76. The third-order valence-corrected chi connectivity index (χ3v) is 4.59. The summed E-state index contributed by atoms with van der Waals surface area (Å²) in [5.41, 5.74) is 0. The van der Waals surface area contributed by atoms with Gasteiger partial charge in [-0.15, -0.1) is 0 Å². The normalized spacial score (nSPS) is 27.9. The van der Waals surface area contributed by atoms with Gasteiger partial charge in [0, 0.05) is 12.6 Å². The largest absolute Gasteiger partial charge is 0.468 e. The highest BCUT2D eigenvalue weighted by Crippen LogP contribution is 2.31. The molecule has 0 spiro atoms. The van der Waals surface area contributed by atoms with Crippen molar-refractivity contribution >= 4 is 0 Å². The van der Waals surface area contributed by atoms with Crippen LogP contribution < -0.4 is 5.32 Å². The van der Waals surface area contributed by atoms with Crippen LogP contribution in [0.2, 0.25) is 0 Å². The minimum Gasteiger partial charge on any atom is -0.468 e. The first kappa shape index (κ1) is 14.6. The highest BCUT2D eigenvalue weighted by Gasteiger charge is 2.29. The second-order valence-corrected chi connectivity index (χ2v) is 6.02. The monoisotopic (exact) mass is 264 g/mol. The van der Waals surface area contributed by atoms with Crippen LogP contribution in [0.4, 0.5) is 0 Å². The molecule has 2 rings (SSSR count). The quantitative estimate of drug-likeness (QED) is 0.855. The molecule has 1 aliphatic rings. The molecule has 1 heterocycles. The molecule has 0 radical (unpaired) electrons. The third-order valence-electron chi connectivity index (χ3n) is 4.59. The van der Waals surface area contributed by atoms with Crippen LogP contribution in [0.5, 0.6) is 0 Å². The summed E-state index contributed by atoms with van der Waals surface area (Å²) in [7, 11) is 4.31. The zero-order valence-electron chi connectivity index (χ0n) is 12.6. The Kier molecular flexibility index (Phi) is 5.46. The Morgan fingerprint density at radius 1 is 1.42 bits per heavy atom. The third kappa shape index (κ3) is 4.08. The van der Waals surface area contributed by atoms with Crippen molar-refractivity contribution < 1.29 is 4.42 Å². The zero-order chi connectivity index (χ0) is 13.7. The van der Waals surface area contributed by atoms with Crippen molar-refractivity contribution in [3.05, 3.63) is 24.2 Å². The van der Waals surface area contributed by atoms with Crippen molar-refractivity contribution in [3.8, 4) is 0 Å². The van der Waals surface area contributed by atoms with Crippen molar-refractivity contribution in [2.75, 3.05) is 20.6 Å². The summed E-state index contributed by atoms with van der Waals surface area (Å²) >= 11 is 0. The molecule has 0 saturated heterocycles. The first-order valence-corrected chi connectivity index (χ1v) is 7.61. The lowest BCUT2D eigenvalue weighted by Crippen LogP contribution is -2.43. The topological polar surface area (TPSA) is 28.4 Å². The maximum absolute atomic E-state index is 5.43. The van der Waals surface area contributed by atoms with Crippen LogP contribution in [0.25, 0.3) is 0 Å². The number of rotatable bonds is 6. The van der Waals surface area contributed by atoms with Crippen LogP contribution in [0.15, 0.2) is 22.8 Å². The molecule has 1 aromatic rings. The fraction of sp³-hybridized carbons (Fsp3) is 0.750. The fourth-order valence-corrected chi connectivity index (χ4v) is 3.45. The van der Waals surface area contributed by atoms with Gasteiger partial charge in [0.05, 0.1) is 12.8 Å². The van der Waals surface area contributed by atoms with Crippen molar-refractivity contribution in [2.45, 2.75) is 45.2 Å². The van der Waals surface area contributed by atoms with Gasteiger partial charge in [-0.1, -0.05) is 13.3 Å². The van der Waals surface area contributed by atoms with Crippen LogP contribution >= 0.6 is 0 Å². The Bertz CT molecular complexity index is 350. The second-order valence-electron chi connectivity index (χ2n) is 6.02. The standard InChI is InChI=1S/C16H28N2O/c1-4-13-7-8-16(17-2)14(10-13)11-18(3)12-15-6-5-9-19-15/h5-6,9,13-14,16-17H,4,7-8,10-12H2,1-3H3. The molecule has 0 bridgehead atoms. The van der Waals surface area contributed by atoms with Gasteiger partial charge in [0.1, 0.15) is 5.76 Å². The lowest BCUT2D eigenvalue weighted by molar-refractivity contribution is 0.149. The summed E-state index contributed by atoms with van der Waals surface area (Å²) in [6.45, 7) is 4.40. The van der Waals surface area contributed by atoms with Gasteiger partial charge in [0.25, 0.3) is 0 Å². The van der Waals surface area contributed by atoms with Crippen molar-refractivity contribution in [3.63, 3.8) is 0 Å². The Hall–Kier alpha value is -0.800. The summed E-state index contributed by atoms with van der Waals surface area (Å²) in [5, 5.41) is 3.51. The summed E-state index contributed by atoms with van der Waals surface area (Å²) in [5.74, 6) is 2.75. The molecule has 1 N–H and O–H groups in total. The predicted molar refractivity (Wildman–Crippen MR) is 79.0 cm³/mol. The van der Waals surface area contributed by atoms with Gasteiger partial charge in [-0.2, -0.15) is 0 Å². The number of furan rings is 1. The van der Waals surface area contributed by atoms with E-state index in [0.717, 1.165) is 30.7 Å². The van der Waals surface area contributed by atoms with E-state index in [1.807, 2.05) is 6.07 Å². The maximum atomic E-state index is 5.43. The van der Waals surface area contributed by atoms with Crippen LogP contribution in [-0.2, 0) is 6.54 Å². The molecule has 19 heavy (non-hydrogen) atoms. The molecule has 3 heteroatoms. The molecule has 1 saturated carbocycles. The molecule has 3 unspecified atom stereocenters. The van der Waals surface area contributed by atoms with E-state index in [9.17, 15) is 0 Å². The van der Waals surface area contributed by atoms with Gasteiger partial charge in [-0.05, 0) is 57.3 Å². The van der Waals surface area contributed by atoms with E-state index in [2.05, 4.69) is 37.3 Å². The summed E-state index contributed by atoms with van der Waals surface area (Å²) < 4.78 is 5.43. The van der Waals surface area contributed by atoms with Gasteiger partial charge in [-0.3, -0.25) is 4.90 Å². The summed E-state index contributed by atoms with van der Waals surface area (Å²) in [6.07, 6.45) is 7.17. The molecule has 3 nitrogen and oxygen atoms in total. The minimum atomic E-state index is 0.682. The molecule has 0 aliphatic heterocycles. The van der Waals surface area contributed by atoms with Crippen LogP contribution in [0.1, 0.15) is 38.4 Å². The van der Waals surface area contributed by atoms with Crippen molar-refractivity contribution in [2.24, 2.45) is 11.8 Å². The first-order valence-electron chi connectivity index (χ1n) is 7.61. The molecule has 0 amide bonds. The van der Waals surface area contributed by atoms with Gasteiger partial charge in [-0.25, -0.2) is 0 Å². The first-order chi connectivity index (χ1) is 9.22. The molecule has 1 aliphatic carbocycles. The van der Waals surface area contributed by atoms with Crippen LogP contribution in [0, 0.1) is 11.8 Å². The van der Waals surface area contributed by atoms with E-state index in [0.29, 0.717) is 6.04 Å². The van der Waals surface area contributed by atoms with Crippen LogP contribution in [-0.4, -0.2) is 31.6 Å². The van der Waals surface area contributed by atoms with E-state index in [-0.39, 0.29) is 0 Å². The summed E-state index contributed by atoms with van der Waals surface area (Å²) in [4.78, 5) is 2.39. The van der Waals surface area contributed by atoms with E-state index >= 15 is 0 Å². The molecule has 0 aromatic carbocycles. The molecule has 108 valence electrons. The van der Waals surface area contributed by atoms with Crippen molar-refractivity contribution in [1.29, 1.82) is 0 Å². The molecule has 1 aromatic heterocycles. The Morgan fingerprint density at radius 3 is 2.89 bits per heavy atom. The lowest BCUT2D eigenvalue weighted by Gasteiger charge is -2.37. The molecule has 1 fully saturated rings.